The predicted molar refractivity (Wildman–Crippen MR) is 74.5 cm³/mol. The average Bonchev–Trinajstić information content (AvgIpc) is 2.98. The number of pyridine rings is 1. The minimum atomic E-state index is 0.544. The van der Waals surface area contributed by atoms with E-state index in [-0.39, 0.29) is 0 Å². The highest BCUT2D eigenvalue weighted by molar-refractivity contribution is 5.51. The van der Waals surface area contributed by atoms with Crippen LogP contribution < -0.4 is 5.32 Å². The number of rotatable bonds is 5. The van der Waals surface area contributed by atoms with E-state index in [1.54, 1.807) is 12.4 Å². The summed E-state index contributed by atoms with van der Waals surface area (Å²) in [6, 6.07) is 13.7. The van der Waals surface area contributed by atoms with Crippen LogP contribution in [0.1, 0.15) is 11.5 Å². The number of hydrogen-bond donors (Lipinski definition) is 1. The molecule has 3 aromatic rings. The van der Waals surface area contributed by atoms with Gasteiger partial charge in [-0.1, -0.05) is 18.2 Å². The van der Waals surface area contributed by atoms with Crippen LogP contribution in [-0.4, -0.2) is 15.2 Å². The molecule has 0 fully saturated rings. The summed E-state index contributed by atoms with van der Waals surface area (Å²) in [5.41, 5.74) is 2.10. The van der Waals surface area contributed by atoms with Gasteiger partial charge in [0.2, 0.25) is 11.8 Å². The molecule has 0 saturated carbocycles. The average molecular weight is 266 g/mol. The van der Waals surface area contributed by atoms with E-state index in [1.165, 1.54) is 5.56 Å². The van der Waals surface area contributed by atoms with E-state index in [1.807, 2.05) is 42.5 Å². The van der Waals surface area contributed by atoms with Crippen LogP contribution in [0.25, 0.3) is 11.5 Å². The second kappa shape index (κ2) is 6.08. The van der Waals surface area contributed by atoms with Crippen molar-refractivity contribution in [3.8, 4) is 11.5 Å². The molecule has 1 aromatic carbocycles. The predicted octanol–water partition coefficient (Wildman–Crippen LogP) is 2.42. The van der Waals surface area contributed by atoms with E-state index in [0.29, 0.717) is 18.3 Å². The van der Waals surface area contributed by atoms with E-state index < -0.39 is 0 Å². The summed E-state index contributed by atoms with van der Waals surface area (Å²) >= 11 is 0. The molecule has 1 N–H and O–H groups in total. The van der Waals surface area contributed by atoms with E-state index >= 15 is 0 Å². The number of nitrogens with zero attached hydrogens (tertiary/aromatic N) is 3. The number of hydrogen-bond acceptors (Lipinski definition) is 5. The van der Waals surface area contributed by atoms with Crippen LogP contribution >= 0.6 is 0 Å². The first kappa shape index (κ1) is 12.5. The summed E-state index contributed by atoms with van der Waals surface area (Å²) < 4.78 is 5.61. The fraction of sp³-hybridized carbons (Fsp3) is 0.133. The Kier molecular flexibility index (Phi) is 3.80. The van der Waals surface area contributed by atoms with Gasteiger partial charge in [0.15, 0.2) is 0 Å². The summed E-state index contributed by atoms with van der Waals surface area (Å²) in [5, 5.41) is 11.3. The molecule has 20 heavy (non-hydrogen) atoms. The van der Waals surface area contributed by atoms with Crippen molar-refractivity contribution in [1.82, 2.24) is 20.5 Å². The van der Waals surface area contributed by atoms with Gasteiger partial charge in [0.25, 0.3) is 0 Å². The summed E-state index contributed by atoms with van der Waals surface area (Å²) in [6.07, 6.45) is 3.55. The Morgan fingerprint density at radius 1 is 0.900 bits per heavy atom. The van der Waals surface area contributed by atoms with Crippen LogP contribution in [0.5, 0.6) is 0 Å². The Balaban J connectivity index is 1.58. The first-order chi connectivity index (χ1) is 9.92. The van der Waals surface area contributed by atoms with Crippen molar-refractivity contribution in [1.29, 1.82) is 0 Å². The Morgan fingerprint density at radius 3 is 2.50 bits per heavy atom. The van der Waals surface area contributed by atoms with Crippen LogP contribution in [0.2, 0.25) is 0 Å². The maximum atomic E-state index is 5.61. The lowest BCUT2D eigenvalue weighted by atomic mass is 10.2. The first-order valence-corrected chi connectivity index (χ1v) is 6.39. The zero-order chi connectivity index (χ0) is 13.6. The monoisotopic (exact) mass is 266 g/mol. The quantitative estimate of drug-likeness (QED) is 0.768. The molecule has 3 rings (SSSR count). The zero-order valence-corrected chi connectivity index (χ0v) is 10.9. The summed E-state index contributed by atoms with van der Waals surface area (Å²) in [5.74, 6) is 1.13. The number of aromatic nitrogens is 3. The Labute approximate surface area is 116 Å². The molecule has 0 bridgehead atoms. The highest BCUT2D eigenvalue weighted by Crippen LogP contribution is 2.16. The molecule has 0 aliphatic heterocycles. The molecule has 0 atom stereocenters. The molecule has 0 unspecified atom stereocenters. The molecular formula is C15H14N4O. The Hall–Kier alpha value is -2.53. The molecule has 2 aromatic heterocycles. The Morgan fingerprint density at radius 2 is 1.70 bits per heavy atom. The van der Waals surface area contributed by atoms with Crippen molar-refractivity contribution in [2.75, 3.05) is 0 Å². The molecule has 100 valence electrons. The van der Waals surface area contributed by atoms with Crippen LogP contribution in [0.3, 0.4) is 0 Å². The number of benzene rings is 1. The van der Waals surface area contributed by atoms with Gasteiger partial charge in [-0.2, -0.15) is 0 Å². The van der Waals surface area contributed by atoms with Crippen molar-refractivity contribution in [2.24, 2.45) is 0 Å². The topological polar surface area (TPSA) is 63.8 Å². The molecule has 0 radical (unpaired) electrons. The van der Waals surface area contributed by atoms with Crippen LogP contribution in [0, 0.1) is 0 Å². The third kappa shape index (κ3) is 3.07. The lowest BCUT2D eigenvalue weighted by molar-refractivity contribution is 0.477. The minimum Gasteiger partial charge on any atom is -0.419 e. The second-order valence-corrected chi connectivity index (χ2v) is 4.33. The smallest absolute Gasteiger partial charge is 0.247 e. The van der Waals surface area contributed by atoms with Crippen molar-refractivity contribution in [3.05, 3.63) is 66.3 Å². The zero-order valence-electron chi connectivity index (χ0n) is 10.9. The van der Waals surface area contributed by atoms with Gasteiger partial charge in [-0.25, -0.2) is 0 Å². The minimum absolute atomic E-state index is 0.544. The van der Waals surface area contributed by atoms with Gasteiger partial charge in [-0.15, -0.1) is 10.2 Å². The summed E-state index contributed by atoms with van der Waals surface area (Å²) in [6.45, 7) is 1.29. The molecule has 0 amide bonds. The number of nitrogens with one attached hydrogen (secondary N) is 1. The van der Waals surface area contributed by atoms with Crippen LogP contribution in [0.4, 0.5) is 0 Å². The standard InChI is InChI=1S/C15H14N4O/c1-2-4-13(5-3-1)15-19-18-14(20-15)11-17-10-12-6-8-16-9-7-12/h1-9,17H,10-11H2. The van der Waals surface area contributed by atoms with Gasteiger partial charge in [0.1, 0.15) is 0 Å². The van der Waals surface area contributed by atoms with Gasteiger partial charge in [-0.05, 0) is 29.8 Å². The highest BCUT2D eigenvalue weighted by atomic mass is 16.4. The van der Waals surface area contributed by atoms with Crippen molar-refractivity contribution in [2.45, 2.75) is 13.1 Å². The molecule has 0 aliphatic carbocycles. The van der Waals surface area contributed by atoms with Crippen molar-refractivity contribution < 1.29 is 4.42 Å². The van der Waals surface area contributed by atoms with Gasteiger partial charge < -0.3 is 9.73 Å². The molecule has 5 nitrogen and oxygen atoms in total. The van der Waals surface area contributed by atoms with Crippen molar-refractivity contribution >= 4 is 0 Å². The van der Waals surface area contributed by atoms with Crippen molar-refractivity contribution in [3.63, 3.8) is 0 Å². The van der Waals surface area contributed by atoms with Gasteiger partial charge >= 0.3 is 0 Å². The fourth-order valence-corrected chi connectivity index (χ4v) is 1.84. The maximum absolute atomic E-state index is 5.61. The molecular weight excluding hydrogens is 252 g/mol. The molecule has 0 saturated heterocycles. The maximum Gasteiger partial charge on any atom is 0.247 e. The second-order valence-electron chi connectivity index (χ2n) is 4.33. The third-order valence-electron chi connectivity index (χ3n) is 2.84. The Bertz CT molecular complexity index is 652. The summed E-state index contributed by atoms with van der Waals surface area (Å²) in [7, 11) is 0. The van der Waals surface area contributed by atoms with E-state index in [0.717, 1.165) is 12.1 Å². The van der Waals surface area contributed by atoms with E-state index in [4.69, 9.17) is 4.42 Å². The third-order valence-corrected chi connectivity index (χ3v) is 2.84. The van der Waals surface area contributed by atoms with Gasteiger partial charge in [-0.3, -0.25) is 4.98 Å². The molecule has 0 aliphatic rings. The molecule has 2 heterocycles. The molecule has 0 spiro atoms. The van der Waals surface area contributed by atoms with Crippen LogP contribution in [-0.2, 0) is 13.1 Å². The van der Waals surface area contributed by atoms with Gasteiger partial charge in [0, 0.05) is 24.5 Å². The first-order valence-electron chi connectivity index (χ1n) is 6.39. The normalized spacial score (nSPS) is 10.6. The fourth-order valence-electron chi connectivity index (χ4n) is 1.84. The lowest BCUT2D eigenvalue weighted by Crippen LogP contribution is -2.12. The van der Waals surface area contributed by atoms with E-state index in [2.05, 4.69) is 20.5 Å². The lowest BCUT2D eigenvalue weighted by Gasteiger charge is -2.00. The van der Waals surface area contributed by atoms with E-state index in [9.17, 15) is 0 Å². The largest absolute Gasteiger partial charge is 0.419 e. The van der Waals surface area contributed by atoms with Gasteiger partial charge in [0.05, 0.1) is 6.54 Å². The SMILES string of the molecule is c1ccc(-c2nnc(CNCc3ccncc3)o2)cc1. The molecule has 5 heteroatoms. The highest BCUT2D eigenvalue weighted by Gasteiger charge is 2.07. The van der Waals surface area contributed by atoms with Crippen LogP contribution in [0.15, 0.2) is 59.3 Å². The summed E-state index contributed by atoms with van der Waals surface area (Å²) in [4.78, 5) is 3.98.